The summed E-state index contributed by atoms with van der Waals surface area (Å²) in [5, 5.41) is 12.2. The molecule has 5 heteroatoms. The number of anilines is 1. The van der Waals surface area contributed by atoms with Crippen molar-refractivity contribution in [3.8, 4) is 0 Å². The number of halogens is 1. The van der Waals surface area contributed by atoms with Crippen LogP contribution in [0.15, 0.2) is 12.3 Å². The maximum Gasteiger partial charge on any atom is 0.337 e. The van der Waals surface area contributed by atoms with E-state index < -0.39 is 5.97 Å². The molecular formula is C10H11ClN2O2. The Kier molecular flexibility index (Phi) is 2.77. The Morgan fingerprint density at radius 1 is 1.60 bits per heavy atom. The summed E-state index contributed by atoms with van der Waals surface area (Å²) in [6, 6.07) is 1.91. The second-order valence-electron chi connectivity index (χ2n) is 3.63. The van der Waals surface area contributed by atoms with Crippen molar-refractivity contribution in [2.24, 2.45) is 0 Å². The lowest BCUT2D eigenvalue weighted by Gasteiger charge is -2.26. The molecule has 2 rings (SSSR count). The molecule has 15 heavy (non-hydrogen) atoms. The lowest BCUT2D eigenvalue weighted by molar-refractivity contribution is 0.0697. The lowest BCUT2D eigenvalue weighted by Crippen LogP contribution is -2.27. The highest BCUT2D eigenvalue weighted by Crippen LogP contribution is 2.24. The van der Waals surface area contributed by atoms with Crippen LogP contribution in [0.4, 0.5) is 5.82 Å². The summed E-state index contributed by atoms with van der Waals surface area (Å²) in [6.07, 6.45) is 4.82. The van der Waals surface area contributed by atoms with E-state index in [9.17, 15) is 4.79 Å². The largest absolute Gasteiger partial charge is 0.478 e. The van der Waals surface area contributed by atoms with E-state index in [1.165, 1.54) is 18.7 Å². The fraction of sp³-hybridized carbons (Fsp3) is 0.400. The number of aromatic nitrogens is 1. The summed E-state index contributed by atoms with van der Waals surface area (Å²) in [5.74, 6) is -0.444. The van der Waals surface area contributed by atoms with Gasteiger partial charge in [0.15, 0.2) is 0 Å². The molecule has 0 radical (unpaired) electrons. The molecule has 1 aromatic rings. The SMILES string of the molecule is O=C(O)c1cc(NC2CCC2)ncc1Cl. The van der Waals surface area contributed by atoms with E-state index >= 15 is 0 Å². The first-order valence-corrected chi connectivity index (χ1v) is 5.20. The van der Waals surface area contributed by atoms with Crippen LogP contribution >= 0.6 is 11.6 Å². The number of nitrogens with one attached hydrogen (secondary N) is 1. The molecule has 80 valence electrons. The third-order valence-electron chi connectivity index (χ3n) is 2.54. The lowest BCUT2D eigenvalue weighted by atomic mass is 9.93. The number of nitrogens with zero attached hydrogens (tertiary/aromatic N) is 1. The van der Waals surface area contributed by atoms with Crippen LogP contribution in [-0.2, 0) is 0 Å². The summed E-state index contributed by atoms with van der Waals surface area (Å²) in [6.45, 7) is 0. The van der Waals surface area contributed by atoms with Gasteiger partial charge in [0.25, 0.3) is 0 Å². The maximum atomic E-state index is 10.8. The van der Waals surface area contributed by atoms with Crippen molar-refractivity contribution in [1.82, 2.24) is 4.98 Å². The zero-order valence-electron chi connectivity index (χ0n) is 8.03. The van der Waals surface area contributed by atoms with Crippen LogP contribution in [-0.4, -0.2) is 22.1 Å². The van der Waals surface area contributed by atoms with Gasteiger partial charge in [-0.2, -0.15) is 0 Å². The molecule has 0 amide bonds. The van der Waals surface area contributed by atoms with Crippen molar-refractivity contribution in [2.75, 3.05) is 5.32 Å². The first kappa shape index (κ1) is 10.2. The molecule has 0 atom stereocenters. The van der Waals surface area contributed by atoms with E-state index in [0.29, 0.717) is 11.9 Å². The maximum absolute atomic E-state index is 10.8. The summed E-state index contributed by atoms with van der Waals surface area (Å²) in [7, 11) is 0. The molecule has 4 nitrogen and oxygen atoms in total. The van der Waals surface area contributed by atoms with Gasteiger partial charge in [-0.3, -0.25) is 0 Å². The predicted molar refractivity (Wildman–Crippen MR) is 57.5 cm³/mol. The molecule has 1 aliphatic carbocycles. The Labute approximate surface area is 92.3 Å². The molecule has 0 aliphatic heterocycles. The fourth-order valence-corrected chi connectivity index (χ4v) is 1.63. The first-order chi connectivity index (χ1) is 7.16. The van der Waals surface area contributed by atoms with Crippen LogP contribution in [0, 0.1) is 0 Å². The molecule has 1 aliphatic rings. The monoisotopic (exact) mass is 226 g/mol. The number of carboxylic acid groups (broad SMARTS) is 1. The second-order valence-corrected chi connectivity index (χ2v) is 4.03. The van der Waals surface area contributed by atoms with Gasteiger partial charge in [0.2, 0.25) is 0 Å². The van der Waals surface area contributed by atoms with Gasteiger partial charge in [-0.05, 0) is 25.3 Å². The van der Waals surface area contributed by atoms with Crippen molar-refractivity contribution >= 4 is 23.4 Å². The Bertz CT molecular complexity index is 391. The zero-order valence-corrected chi connectivity index (χ0v) is 8.79. The molecule has 1 heterocycles. The van der Waals surface area contributed by atoms with Crippen molar-refractivity contribution in [1.29, 1.82) is 0 Å². The van der Waals surface area contributed by atoms with Crippen molar-refractivity contribution in [3.63, 3.8) is 0 Å². The average molecular weight is 227 g/mol. The third kappa shape index (κ3) is 2.21. The minimum atomic E-state index is -1.03. The molecule has 1 aromatic heterocycles. The number of rotatable bonds is 3. The van der Waals surface area contributed by atoms with E-state index in [-0.39, 0.29) is 10.6 Å². The normalized spacial score (nSPS) is 15.8. The van der Waals surface area contributed by atoms with Crippen LogP contribution < -0.4 is 5.32 Å². The zero-order chi connectivity index (χ0) is 10.8. The van der Waals surface area contributed by atoms with Crippen LogP contribution in [0.25, 0.3) is 0 Å². The summed E-state index contributed by atoms with van der Waals surface area (Å²) in [4.78, 5) is 14.8. The van der Waals surface area contributed by atoms with Crippen LogP contribution in [0.5, 0.6) is 0 Å². The predicted octanol–water partition coefficient (Wildman–Crippen LogP) is 2.40. The van der Waals surface area contributed by atoms with E-state index in [1.54, 1.807) is 0 Å². The molecule has 0 spiro atoms. The molecule has 0 bridgehead atoms. The number of carboxylic acids is 1. The minimum absolute atomic E-state index is 0.0912. The van der Waals surface area contributed by atoms with Crippen molar-refractivity contribution in [3.05, 3.63) is 22.8 Å². The van der Waals surface area contributed by atoms with E-state index in [1.807, 2.05) is 0 Å². The highest BCUT2D eigenvalue weighted by atomic mass is 35.5. The number of hydrogen-bond donors (Lipinski definition) is 2. The van der Waals surface area contributed by atoms with Gasteiger partial charge >= 0.3 is 5.97 Å². The molecule has 0 aromatic carbocycles. The Morgan fingerprint density at radius 2 is 2.33 bits per heavy atom. The van der Waals surface area contributed by atoms with Crippen LogP contribution in [0.2, 0.25) is 5.02 Å². The quantitative estimate of drug-likeness (QED) is 0.831. The first-order valence-electron chi connectivity index (χ1n) is 4.82. The molecule has 1 saturated carbocycles. The second kappa shape index (κ2) is 4.06. The summed E-state index contributed by atoms with van der Waals surface area (Å²) >= 11 is 5.70. The smallest absolute Gasteiger partial charge is 0.337 e. The van der Waals surface area contributed by atoms with Gasteiger partial charge in [0.1, 0.15) is 5.82 Å². The van der Waals surface area contributed by atoms with Gasteiger partial charge in [-0.15, -0.1) is 0 Å². The molecule has 2 N–H and O–H groups in total. The number of aromatic carboxylic acids is 1. The fourth-order valence-electron chi connectivity index (χ4n) is 1.44. The Balaban J connectivity index is 2.17. The molecule has 0 unspecified atom stereocenters. The third-order valence-corrected chi connectivity index (χ3v) is 2.84. The van der Waals surface area contributed by atoms with E-state index in [0.717, 1.165) is 12.8 Å². The van der Waals surface area contributed by atoms with Gasteiger partial charge in [0.05, 0.1) is 10.6 Å². The number of pyridine rings is 1. The summed E-state index contributed by atoms with van der Waals surface area (Å²) in [5.41, 5.74) is 0.0912. The highest BCUT2D eigenvalue weighted by molar-refractivity contribution is 6.33. The van der Waals surface area contributed by atoms with Gasteiger partial charge in [-0.1, -0.05) is 11.6 Å². The number of hydrogen-bond acceptors (Lipinski definition) is 3. The van der Waals surface area contributed by atoms with E-state index in [4.69, 9.17) is 16.7 Å². The topological polar surface area (TPSA) is 62.2 Å². The summed E-state index contributed by atoms with van der Waals surface area (Å²) < 4.78 is 0. The average Bonchev–Trinajstić information content (AvgIpc) is 2.13. The van der Waals surface area contributed by atoms with Gasteiger partial charge in [0, 0.05) is 12.2 Å². The Hall–Kier alpha value is -1.29. The van der Waals surface area contributed by atoms with E-state index in [2.05, 4.69) is 10.3 Å². The standard InChI is InChI=1S/C10H11ClN2O2/c11-8-5-12-9(4-7(8)10(14)15)13-6-2-1-3-6/h4-6H,1-3H2,(H,12,13)(H,14,15). The Morgan fingerprint density at radius 3 is 2.87 bits per heavy atom. The molecule has 1 fully saturated rings. The van der Waals surface area contributed by atoms with Crippen molar-refractivity contribution in [2.45, 2.75) is 25.3 Å². The molecule has 0 saturated heterocycles. The highest BCUT2D eigenvalue weighted by Gasteiger charge is 2.18. The molecular weight excluding hydrogens is 216 g/mol. The van der Waals surface area contributed by atoms with Crippen LogP contribution in [0.3, 0.4) is 0 Å². The van der Waals surface area contributed by atoms with Gasteiger partial charge < -0.3 is 10.4 Å². The van der Waals surface area contributed by atoms with Crippen molar-refractivity contribution < 1.29 is 9.90 Å². The minimum Gasteiger partial charge on any atom is -0.478 e. The number of carbonyl (C=O) groups is 1. The van der Waals surface area contributed by atoms with Crippen LogP contribution in [0.1, 0.15) is 29.6 Å². The van der Waals surface area contributed by atoms with Gasteiger partial charge in [-0.25, -0.2) is 9.78 Å².